The van der Waals surface area contributed by atoms with Crippen LogP contribution in [0.15, 0.2) is 0 Å². The molecule has 16 heavy (non-hydrogen) atoms. The second kappa shape index (κ2) is 6.10. The number of amides is 1. The van der Waals surface area contributed by atoms with E-state index in [0.717, 1.165) is 35.7 Å². The highest BCUT2D eigenvalue weighted by molar-refractivity contribution is 9.09. The molecule has 0 aromatic rings. The molecule has 1 unspecified atom stereocenters. The Bertz CT molecular complexity index is 242. The Morgan fingerprint density at radius 2 is 2.12 bits per heavy atom. The van der Waals surface area contributed by atoms with Crippen LogP contribution in [0.25, 0.3) is 0 Å². The van der Waals surface area contributed by atoms with Gasteiger partial charge in [-0.3, -0.25) is 4.79 Å². The van der Waals surface area contributed by atoms with E-state index in [-0.39, 0.29) is 16.2 Å². The normalized spacial score (nSPS) is 25.8. The average Bonchev–Trinajstić information content (AvgIpc) is 2.74. The number of alkyl halides is 2. The van der Waals surface area contributed by atoms with Gasteiger partial charge in [-0.1, -0.05) is 38.8 Å². The zero-order valence-corrected chi connectivity index (χ0v) is 13.8. The zero-order chi connectivity index (χ0) is 12.2. The number of hydrogen-bond donors (Lipinski definition) is 1. The number of carbonyl (C=O) groups excluding carboxylic acids is 1. The standard InChI is InChI=1S/C11H19Br2NOS/c1-3-11(7-12,8-13)14-9(15)10(2)5-4-6-16-10/h3-8H2,1-2H3,(H,14,15). The van der Waals surface area contributed by atoms with Crippen LogP contribution >= 0.6 is 43.6 Å². The molecule has 0 spiro atoms. The van der Waals surface area contributed by atoms with Gasteiger partial charge < -0.3 is 5.32 Å². The molecule has 0 aromatic carbocycles. The number of hydrogen-bond acceptors (Lipinski definition) is 2. The molecule has 0 saturated carbocycles. The summed E-state index contributed by atoms with van der Waals surface area (Å²) in [6.07, 6.45) is 3.07. The minimum Gasteiger partial charge on any atom is -0.348 e. The summed E-state index contributed by atoms with van der Waals surface area (Å²) >= 11 is 8.78. The smallest absolute Gasteiger partial charge is 0.236 e. The van der Waals surface area contributed by atoms with Gasteiger partial charge in [-0.15, -0.1) is 11.8 Å². The second-order valence-electron chi connectivity index (χ2n) is 4.54. The van der Waals surface area contributed by atoms with Crippen LogP contribution < -0.4 is 5.32 Å². The van der Waals surface area contributed by atoms with Gasteiger partial charge in [0.2, 0.25) is 5.91 Å². The van der Waals surface area contributed by atoms with Crippen molar-refractivity contribution >= 4 is 49.5 Å². The van der Waals surface area contributed by atoms with Crippen molar-refractivity contribution in [3.05, 3.63) is 0 Å². The molecule has 1 amide bonds. The van der Waals surface area contributed by atoms with E-state index in [1.165, 1.54) is 0 Å². The van der Waals surface area contributed by atoms with Crippen molar-refractivity contribution in [2.24, 2.45) is 0 Å². The van der Waals surface area contributed by atoms with Crippen LogP contribution in [-0.4, -0.2) is 32.6 Å². The van der Waals surface area contributed by atoms with E-state index in [2.05, 4.69) is 51.0 Å². The summed E-state index contributed by atoms with van der Waals surface area (Å²) in [5.74, 6) is 1.29. The number of halogens is 2. The van der Waals surface area contributed by atoms with Crippen LogP contribution in [-0.2, 0) is 4.79 Å². The first-order chi connectivity index (χ1) is 7.52. The molecule has 0 bridgehead atoms. The van der Waals surface area contributed by atoms with Crippen LogP contribution in [0.3, 0.4) is 0 Å². The SMILES string of the molecule is CCC(CBr)(CBr)NC(=O)C1(C)CCCS1. The highest BCUT2D eigenvalue weighted by atomic mass is 79.9. The van der Waals surface area contributed by atoms with Crippen LogP contribution in [0, 0.1) is 0 Å². The average molecular weight is 373 g/mol. The highest BCUT2D eigenvalue weighted by Gasteiger charge is 2.40. The lowest BCUT2D eigenvalue weighted by atomic mass is 9.98. The number of nitrogens with one attached hydrogen (secondary N) is 1. The van der Waals surface area contributed by atoms with Gasteiger partial charge >= 0.3 is 0 Å². The van der Waals surface area contributed by atoms with Crippen molar-refractivity contribution in [3.8, 4) is 0 Å². The molecular weight excluding hydrogens is 354 g/mol. The Morgan fingerprint density at radius 3 is 2.50 bits per heavy atom. The topological polar surface area (TPSA) is 29.1 Å². The van der Waals surface area contributed by atoms with Gasteiger partial charge in [-0.25, -0.2) is 0 Å². The molecule has 1 fully saturated rings. The predicted molar refractivity (Wildman–Crippen MR) is 78.8 cm³/mol. The van der Waals surface area contributed by atoms with Gasteiger partial charge in [0.05, 0.1) is 10.3 Å². The Hall–Kier alpha value is 0.780. The maximum atomic E-state index is 12.3. The Labute approximate surface area is 119 Å². The fourth-order valence-corrected chi connectivity index (χ4v) is 4.92. The van der Waals surface area contributed by atoms with Crippen molar-refractivity contribution in [1.82, 2.24) is 5.32 Å². The minimum absolute atomic E-state index is 0.150. The van der Waals surface area contributed by atoms with E-state index in [1.807, 2.05) is 0 Å². The quantitative estimate of drug-likeness (QED) is 0.750. The molecule has 0 aromatic heterocycles. The molecule has 1 atom stereocenters. The van der Waals surface area contributed by atoms with Crippen molar-refractivity contribution in [2.45, 2.75) is 43.4 Å². The summed E-state index contributed by atoms with van der Waals surface area (Å²) in [7, 11) is 0. The second-order valence-corrected chi connectivity index (χ2v) is 7.26. The van der Waals surface area contributed by atoms with Gasteiger partial charge in [-0.2, -0.15) is 0 Å². The molecule has 1 aliphatic rings. The van der Waals surface area contributed by atoms with Gasteiger partial charge in [0.15, 0.2) is 0 Å². The first-order valence-electron chi connectivity index (χ1n) is 5.60. The largest absolute Gasteiger partial charge is 0.348 e. The zero-order valence-electron chi connectivity index (χ0n) is 9.82. The van der Waals surface area contributed by atoms with E-state index < -0.39 is 0 Å². The molecule has 94 valence electrons. The van der Waals surface area contributed by atoms with E-state index >= 15 is 0 Å². The molecule has 2 nitrogen and oxygen atoms in total. The molecule has 1 saturated heterocycles. The Morgan fingerprint density at radius 1 is 1.50 bits per heavy atom. The van der Waals surface area contributed by atoms with Gasteiger partial charge in [0.25, 0.3) is 0 Å². The van der Waals surface area contributed by atoms with Crippen LogP contribution in [0.5, 0.6) is 0 Å². The summed E-state index contributed by atoms with van der Waals surface area (Å²) in [5, 5.41) is 4.78. The molecule has 1 aliphatic heterocycles. The third-order valence-electron chi connectivity index (χ3n) is 3.27. The highest BCUT2D eigenvalue weighted by Crippen LogP contribution is 2.38. The maximum absolute atomic E-state index is 12.3. The van der Waals surface area contributed by atoms with Crippen molar-refractivity contribution in [2.75, 3.05) is 16.4 Å². The summed E-state index contributed by atoms with van der Waals surface area (Å²) in [5.41, 5.74) is -0.150. The fraction of sp³-hybridized carbons (Fsp3) is 0.909. The van der Waals surface area contributed by atoms with Crippen molar-refractivity contribution in [1.29, 1.82) is 0 Å². The maximum Gasteiger partial charge on any atom is 0.236 e. The molecular formula is C11H19Br2NOS. The van der Waals surface area contributed by atoms with Gasteiger partial charge in [0.1, 0.15) is 0 Å². The lowest BCUT2D eigenvalue weighted by Crippen LogP contribution is -2.56. The molecule has 1 N–H and O–H groups in total. The molecule has 1 rings (SSSR count). The molecule has 0 radical (unpaired) electrons. The minimum atomic E-state index is -0.217. The van der Waals surface area contributed by atoms with Gasteiger partial charge in [0, 0.05) is 10.7 Å². The number of rotatable bonds is 5. The molecule has 0 aliphatic carbocycles. The third kappa shape index (κ3) is 3.16. The van der Waals surface area contributed by atoms with Crippen molar-refractivity contribution < 1.29 is 4.79 Å². The monoisotopic (exact) mass is 371 g/mol. The Balaban J connectivity index is 2.68. The van der Waals surface area contributed by atoms with Crippen LogP contribution in [0.1, 0.15) is 33.1 Å². The lowest BCUT2D eigenvalue weighted by molar-refractivity contribution is -0.124. The number of carbonyl (C=O) groups is 1. The Kier molecular flexibility index (Phi) is 5.65. The van der Waals surface area contributed by atoms with E-state index in [0.29, 0.717) is 0 Å². The van der Waals surface area contributed by atoms with E-state index in [1.54, 1.807) is 11.8 Å². The predicted octanol–water partition coefficient (Wildman–Crippen LogP) is 3.33. The van der Waals surface area contributed by atoms with E-state index in [4.69, 9.17) is 0 Å². The summed E-state index contributed by atoms with van der Waals surface area (Å²) in [4.78, 5) is 12.3. The molecule has 1 heterocycles. The third-order valence-corrected chi connectivity index (χ3v) is 6.93. The summed E-state index contributed by atoms with van der Waals surface area (Å²) < 4.78 is -0.217. The van der Waals surface area contributed by atoms with Crippen LogP contribution in [0.4, 0.5) is 0 Å². The first kappa shape index (κ1) is 14.8. The first-order valence-corrected chi connectivity index (χ1v) is 8.83. The van der Waals surface area contributed by atoms with Crippen molar-refractivity contribution in [3.63, 3.8) is 0 Å². The van der Waals surface area contributed by atoms with E-state index in [9.17, 15) is 4.79 Å². The van der Waals surface area contributed by atoms with Gasteiger partial charge in [-0.05, 0) is 31.9 Å². The summed E-state index contributed by atoms with van der Waals surface area (Å²) in [6, 6.07) is 0. The lowest BCUT2D eigenvalue weighted by Gasteiger charge is -2.34. The van der Waals surface area contributed by atoms with Crippen LogP contribution in [0.2, 0.25) is 0 Å². The molecule has 5 heteroatoms. The fourth-order valence-electron chi connectivity index (χ4n) is 1.71. The summed E-state index contributed by atoms with van der Waals surface area (Å²) in [6.45, 7) is 4.16. The number of thioether (sulfide) groups is 1.